The molecule has 0 radical (unpaired) electrons. The van der Waals surface area contributed by atoms with Crippen molar-refractivity contribution in [1.29, 1.82) is 0 Å². The van der Waals surface area contributed by atoms with Gasteiger partial charge in [-0.3, -0.25) is 0 Å². The van der Waals surface area contributed by atoms with E-state index in [1.807, 2.05) is 0 Å². The Hall–Kier alpha value is -1.80. The van der Waals surface area contributed by atoms with E-state index in [2.05, 4.69) is 103 Å². The van der Waals surface area contributed by atoms with Crippen LogP contribution in [-0.4, -0.2) is 12.7 Å². The van der Waals surface area contributed by atoms with E-state index in [0.717, 1.165) is 12.8 Å². The molecule has 0 amide bonds. The van der Waals surface area contributed by atoms with Crippen LogP contribution in [0.2, 0.25) is 0 Å². The highest BCUT2D eigenvalue weighted by atomic mass is 79.9. The molecule has 1 aromatic carbocycles. The van der Waals surface area contributed by atoms with Gasteiger partial charge in [0.15, 0.2) is 0 Å². The summed E-state index contributed by atoms with van der Waals surface area (Å²) < 4.78 is 0. The molecule has 0 aliphatic heterocycles. The highest BCUT2D eigenvalue weighted by Crippen LogP contribution is 2.61. The average molecular weight is 415 g/mol. The monoisotopic (exact) mass is 414 g/mol. The van der Waals surface area contributed by atoms with Gasteiger partial charge in [0.1, 0.15) is 7.85 Å². The van der Waals surface area contributed by atoms with Crippen molar-refractivity contribution in [1.82, 2.24) is 0 Å². The Morgan fingerprint density at radius 3 is 2.63 bits per heavy atom. The van der Waals surface area contributed by atoms with Crippen LogP contribution in [0.25, 0.3) is 0 Å². The molecule has 1 aromatic rings. The SMILES string of the molecule is BC1=CC=C(C2(C3=CCC(Br)C=C3)c3ccccc3C3C=CC=CC32)CC1. The molecule has 5 rings (SSSR count). The molecule has 0 aromatic heterocycles. The van der Waals surface area contributed by atoms with Crippen molar-refractivity contribution in [2.75, 3.05) is 0 Å². The minimum Gasteiger partial charge on any atom is -0.110 e. The fourth-order valence-corrected chi connectivity index (χ4v) is 5.86. The van der Waals surface area contributed by atoms with Crippen LogP contribution in [0.3, 0.4) is 0 Å². The largest absolute Gasteiger partial charge is 0.133 e. The van der Waals surface area contributed by atoms with Gasteiger partial charge in [-0.15, -0.1) is 5.47 Å². The van der Waals surface area contributed by atoms with E-state index >= 15 is 0 Å². The summed E-state index contributed by atoms with van der Waals surface area (Å²) in [6.45, 7) is 0. The van der Waals surface area contributed by atoms with E-state index in [-0.39, 0.29) is 5.41 Å². The third kappa shape index (κ3) is 2.57. The lowest BCUT2D eigenvalue weighted by molar-refractivity contribution is 0.433. The maximum atomic E-state index is 3.77. The summed E-state index contributed by atoms with van der Waals surface area (Å²) in [4.78, 5) is 0.454. The van der Waals surface area contributed by atoms with Crippen LogP contribution >= 0.6 is 15.9 Å². The average Bonchev–Trinajstić information content (AvgIpc) is 3.01. The zero-order valence-corrected chi connectivity index (χ0v) is 17.3. The first-order valence-electron chi connectivity index (χ1n) is 10.1. The Kier molecular flexibility index (Phi) is 4.28. The molecular weight excluding hydrogens is 391 g/mol. The van der Waals surface area contributed by atoms with E-state index < -0.39 is 0 Å². The molecule has 134 valence electrons. The van der Waals surface area contributed by atoms with E-state index in [4.69, 9.17) is 0 Å². The zero-order chi connectivity index (χ0) is 18.4. The van der Waals surface area contributed by atoms with Crippen LogP contribution < -0.4 is 0 Å². The molecule has 27 heavy (non-hydrogen) atoms. The first-order chi connectivity index (χ1) is 13.2. The summed E-state index contributed by atoms with van der Waals surface area (Å²) in [5, 5.41) is 0. The summed E-state index contributed by atoms with van der Waals surface area (Å²) >= 11 is 3.77. The van der Waals surface area contributed by atoms with Crippen LogP contribution in [0.4, 0.5) is 0 Å². The van der Waals surface area contributed by atoms with E-state index in [0.29, 0.717) is 16.7 Å². The lowest BCUT2D eigenvalue weighted by Gasteiger charge is -2.43. The van der Waals surface area contributed by atoms with Crippen molar-refractivity contribution in [2.24, 2.45) is 5.92 Å². The number of hydrogen-bond acceptors (Lipinski definition) is 0. The summed E-state index contributed by atoms with van der Waals surface area (Å²) in [6.07, 6.45) is 24.7. The van der Waals surface area contributed by atoms with Crippen molar-refractivity contribution >= 4 is 23.8 Å². The molecular formula is C25H24BBr. The lowest BCUT2D eigenvalue weighted by Crippen LogP contribution is -2.37. The van der Waals surface area contributed by atoms with Crippen LogP contribution in [-0.2, 0) is 5.41 Å². The van der Waals surface area contributed by atoms with Gasteiger partial charge < -0.3 is 0 Å². The highest BCUT2D eigenvalue weighted by molar-refractivity contribution is 9.09. The molecule has 4 aliphatic carbocycles. The summed E-state index contributed by atoms with van der Waals surface area (Å²) in [5.41, 5.74) is 7.53. The molecule has 0 N–H and O–H groups in total. The van der Waals surface area contributed by atoms with Crippen molar-refractivity contribution in [2.45, 2.75) is 35.4 Å². The van der Waals surface area contributed by atoms with Crippen LogP contribution in [0.5, 0.6) is 0 Å². The topological polar surface area (TPSA) is 0 Å². The predicted octanol–water partition coefficient (Wildman–Crippen LogP) is 5.65. The van der Waals surface area contributed by atoms with Crippen LogP contribution in [0.15, 0.2) is 95.6 Å². The summed E-state index contributed by atoms with van der Waals surface area (Å²) in [6, 6.07) is 9.17. The molecule has 0 saturated carbocycles. The number of allylic oxidation sites excluding steroid dienone is 12. The lowest BCUT2D eigenvalue weighted by atomic mass is 9.59. The smallest absolute Gasteiger partial charge is 0.110 e. The molecule has 2 heteroatoms. The van der Waals surface area contributed by atoms with Gasteiger partial charge in [0.05, 0.1) is 0 Å². The molecule has 0 saturated heterocycles. The Morgan fingerprint density at radius 2 is 1.85 bits per heavy atom. The molecule has 0 spiro atoms. The zero-order valence-electron chi connectivity index (χ0n) is 15.7. The fourth-order valence-electron chi connectivity index (χ4n) is 5.52. The van der Waals surface area contributed by atoms with Crippen molar-refractivity contribution in [3.8, 4) is 0 Å². The molecule has 4 unspecified atom stereocenters. The second-order valence-electron chi connectivity index (χ2n) is 8.19. The van der Waals surface area contributed by atoms with E-state index in [1.54, 1.807) is 5.57 Å². The summed E-state index contributed by atoms with van der Waals surface area (Å²) in [5.74, 6) is 0.927. The standard InChI is InChI=1S/C25H24BBr/c26-19-13-9-17(10-14-19)25(18-11-15-20(27)16-12-18)23-7-3-1-5-21(23)22-6-2-4-8-24(22)25/h1-9,11-13,15,20-21,23H,10,14,16,26H2. The normalized spacial score (nSPS) is 33.8. The number of hydrogen-bond donors (Lipinski definition) is 0. The van der Waals surface area contributed by atoms with Gasteiger partial charge in [-0.2, -0.15) is 0 Å². The van der Waals surface area contributed by atoms with Gasteiger partial charge >= 0.3 is 0 Å². The number of fused-ring (bicyclic) bond motifs is 3. The second-order valence-corrected chi connectivity index (χ2v) is 9.37. The molecule has 4 atom stereocenters. The first-order valence-corrected chi connectivity index (χ1v) is 11.0. The van der Waals surface area contributed by atoms with Gasteiger partial charge in [-0.05, 0) is 36.0 Å². The number of alkyl halides is 1. The minimum atomic E-state index is -0.0383. The van der Waals surface area contributed by atoms with Gasteiger partial charge in [0, 0.05) is 22.1 Å². The Balaban J connectivity index is 1.80. The Bertz CT molecular complexity index is 958. The van der Waals surface area contributed by atoms with Crippen LogP contribution in [0.1, 0.15) is 36.3 Å². The third-order valence-corrected chi connectivity index (χ3v) is 7.43. The van der Waals surface area contributed by atoms with Gasteiger partial charge in [0.2, 0.25) is 0 Å². The number of halogens is 1. The summed E-state index contributed by atoms with van der Waals surface area (Å²) in [7, 11) is 2.25. The molecule has 0 nitrogen and oxygen atoms in total. The first kappa shape index (κ1) is 17.3. The van der Waals surface area contributed by atoms with Crippen molar-refractivity contribution in [3.05, 3.63) is 107 Å². The Labute approximate surface area is 171 Å². The van der Waals surface area contributed by atoms with E-state index in [9.17, 15) is 0 Å². The molecule has 4 aliphatic rings. The minimum absolute atomic E-state index is 0.0383. The third-order valence-electron chi connectivity index (χ3n) is 6.75. The maximum absolute atomic E-state index is 3.77. The van der Waals surface area contributed by atoms with Crippen LogP contribution in [0, 0.1) is 5.92 Å². The fraction of sp³-hybridized carbons (Fsp3) is 0.280. The van der Waals surface area contributed by atoms with Crippen molar-refractivity contribution in [3.63, 3.8) is 0 Å². The Morgan fingerprint density at radius 1 is 1.00 bits per heavy atom. The second kappa shape index (κ2) is 6.67. The van der Waals surface area contributed by atoms with Gasteiger partial charge in [-0.25, -0.2) is 0 Å². The molecule has 0 heterocycles. The van der Waals surface area contributed by atoms with E-state index in [1.165, 1.54) is 28.6 Å². The maximum Gasteiger partial charge on any atom is 0.133 e. The number of benzene rings is 1. The van der Waals surface area contributed by atoms with Gasteiger partial charge in [-0.1, -0.05) is 100 Å². The van der Waals surface area contributed by atoms with Gasteiger partial charge in [0.25, 0.3) is 0 Å². The highest BCUT2D eigenvalue weighted by Gasteiger charge is 2.54. The molecule has 0 bridgehead atoms. The number of rotatable bonds is 2. The molecule has 0 fully saturated rings. The van der Waals surface area contributed by atoms with Crippen molar-refractivity contribution < 1.29 is 0 Å². The predicted molar refractivity (Wildman–Crippen MR) is 121 cm³/mol. The quantitative estimate of drug-likeness (QED) is 0.433.